The Morgan fingerprint density at radius 1 is 1.33 bits per heavy atom. The number of fused-ring (bicyclic) bond motifs is 1. The van der Waals surface area contributed by atoms with Crippen LogP contribution < -0.4 is 11.1 Å². The number of nitrogen functional groups attached to an aromatic ring is 1. The second-order valence-corrected chi connectivity index (χ2v) is 10.4. The number of hydrogen-bond donors (Lipinski definition) is 2. The molecule has 1 fully saturated rings. The van der Waals surface area contributed by atoms with Crippen LogP contribution in [0.3, 0.4) is 0 Å². The third-order valence-electron chi connectivity index (χ3n) is 4.72. The van der Waals surface area contributed by atoms with Gasteiger partial charge in [0, 0.05) is 16.7 Å². The molecule has 3 heterocycles. The number of nitrogens with zero attached hydrogens (tertiary/aromatic N) is 2. The maximum Gasteiger partial charge on any atom is 0.263 e. The fourth-order valence-electron chi connectivity index (χ4n) is 3.12. The number of amides is 1. The van der Waals surface area contributed by atoms with Gasteiger partial charge in [-0.1, -0.05) is 35.7 Å². The van der Waals surface area contributed by atoms with Crippen molar-refractivity contribution in [2.24, 2.45) is 0 Å². The second-order valence-electron chi connectivity index (χ2n) is 8.64. The number of thiophene rings is 1. The zero-order valence-electron chi connectivity index (χ0n) is 19.0. The van der Waals surface area contributed by atoms with Gasteiger partial charge in [0.15, 0.2) is 5.16 Å². The Balaban J connectivity index is 1.63. The first-order valence-corrected chi connectivity index (χ1v) is 12.5. The molecule has 1 aliphatic heterocycles. The highest BCUT2D eigenvalue weighted by molar-refractivity contribution is 7.98. The monoisotopic (exact) mass is 482 g/mol. The van der Waals surface area contributed by atoms with Crippen LogP contribution in [0.4, 0.5) is 5.69 Å². The number of epoxide rings is 1. The molecule has 9 heteroatoms. The molecule has 2 aromatic heterocycles. The average molecular weight is 483 g/mol. The van der Waals surface area contributed by atoms with E-state index >= 15 is 0 Å². The SMILES string of the molecule is CSc1nc(-c2ccc(C#CCOCC3CO3)cc2)c2c(N)c(C(=O)NC(C)(C)C)sc2n1. The van der Waals surface area contributed by atoms with Gasteiger partial charge in [0.25, 0.3) is 5.91 Å². The van der Waals surface area contributed by atoms with Crippen LogP contribution in [0, 0.1) is 11.8 Å². The summed E-state index contributed by atoms with van der Waals surface area (Å²) in [6, 6.07) is 7.80. The Kier molecular flexibility index (Phi) is 6.91. The third-order valence-corrected chi connectivity index (χ3v) is 6.36. The summed E-state index contributed by atoms with van der Waals surface area (Å²) in [5, 5.41) is 4.30. The van der Waals surface area contributed by atoms with E-state index in [4.69, 9.17) is 20.2 Å². The average Bonchev–Trinajstić information content (AvgIpc) is 3.53. The Morgan fingerprint density at radius 2 is 2.06 bits per heavy atom. The van der Waals surface area contributed by atoms with Crippen molar-refractivity contribution in [3.63, 3.8) is 0 Å². The molecule has 4 rings (SSSR count). The highest BCUT2D eigenvalue weighted by Crippen LogP contribution is 2.39. The van der Waals surface area contributed by atoms with E-state index in [1.807, 2.05) is 51.3 Å². The van der Waals surface area contributed by atoms with Crippen LogP contribution >= 0.6 is 23.1 Å². The van der Waals surface area contributed by atoms with Gasteiger partial charge in [-0.05, 0) is 39.2 Å². The van der Waals surface area contributed by atoms with Gasteiger partial charge in [-0.2, -0.15) is 0 Å². The standard InChI is InChI=1S/C24H26N4O3S2/c1-24(2,3)28-21(29)20-18(25)17-19(26-23(32-4)27-22(17)33-20)15-9-7-14(8-10-15)6-5-11-30-12-16-13-31-16/h7-10,16H,11-13,25H2,1-4H3,(H,28,29). The van der Waals surface area contributed by atoms with Crippen molar-refractivity contribution in [3.8, 4) is 23.1 Å². The van der Waals surface area contributed by atoms with Crippen LogP contribution in [0.15, 0.2) is 29.4 Å². The molecule has 0 saturated carbocycles. The fourth-order valence-corrected chi connectivity index (χ4v) is 4.54. The number of ether oxygens (including phenoxy) is 2. The number of anilines is 1. The van der Waals surface area contributed by atoms with Crippen LogP contribution in [0.5, 0.6) is 0 Å². The molecule has 0 radical (unpaired) electrons. The summed E-state index contributed by atoms with van der Waals surface area (Å²) in [5.41, 5.74) is 8.96. The van der Waals surface area contributed by atoms with Crippen molar-refractivity contribution in [1.29, 1.82) is 0 Å². The number of nitrogens with one attached hydrogen (secondary N) is 1. The van der Waals surface area contributed by atoms with E-state index in [2.05, 4.69) is 22.1 Å². The summed E-state index contributed by atoms with van der Waals surface area (Å²) in [4.78, 5) is 23.3. The van der Waals surface area contributed by atoms with Crippen molar-refractivity contribution in [2.75, 3.05) is 31.8 Å². The van der Waals surface area contributed by atoms with Gasteiger partial charge in [-0.3, -0.25) is 4.79 Å². The minimum Gasteiger partial charge on any atom is -0.397 e. The first-order chi connectivity index (χ1) is 15.7. The molecular formula is C24H26N4O3S2. The van der Waals surface area contributed by atoms with E-state index in [0.29, 0.717) is 44.8 Å². The Morgan fingerprint density at radius 3 is 2.70 bits per heavy atom. The number of aromatic nitrogens is 2. The molecular weight excluding hydrogens is 456 g/mol. The number of benzene rings is 1. The van der Waals surface area contributed by atoms with E-state index < -0.39 is 0 Å². The van der Waals surface area contributed by atoms with E-state index in [1.54, 1.807) is 0 Å². The largest absolute Gasteiger partial charge is 0.397 e. The number of carbonyl (C=O) groups is 1. The molecule has 0 bridgehead atoms. The number of rotatable bonds is 6. The van der Waals surface area contributed by atoms with Crippen molar-refractivity contribution in [2.45, 2.75) is 37.6 Å². The molecule has 1 unspecified atom stereocenters. The lowest BCUT2D eigenvalue weighted by Gasteiger charge is -2.20. The quantitative estimate of drug-likeness (QED) is 0.180. The van der Waals surface area contributed by atoms with Gasteiger partial charge in [-0.15, -0.1) is 11.3 Å². The van der Waals surface area contributed by atoms with E-state index in [1.165, 1.54) is 23.1 Å². The molecule has 3 N–H and O–H groups in total. The van der Waals surface area contributed by atoms with E-state index in [-0.39, 0.29) is 17.6 Å². The lowest BCUT2D eigenvalue weighted by molar-refractivity contribution is 0.0924. The fraction of sp³-hybridized carbons (Fsp3) is 0.375. The molecule has 0 aliphatic carbocycles. The second kappa shape index (κ2) is 9.69. The summed E-state index contributed by atoms with van der Waals surface area (Å²) in [6.07, 6.45) is 2.16. The van der Waals surface area contributed by atoms with Gasteiger partial charge in [-0.25, -0.2) is 9.97 Å². The molecule has 0 spiro atoms. The predicted molar refractivity (Wildman–Crippen MR) is 134 cm³/mol. The number of hydrogen-bond acceptors (Lipinski definition) is 8. The minimum absolute atomic E-state index is 0.208. The maximum atomic E-state index is 12.8. The zero-order chi connectivity index (χ0) is 23.6. The molecule has 7 nitrogen and oxygen atoms in total. The molecule has 1 aliphatic rings. The molecule has 1 aromatic carbocycles. The summed E-state index contributed by atoms with van der Waals surface area (Å²) < 4.78 is 10.6. The van der Waals surface area contributed by atoms with Crippen molar-refractivity contribution >= 4 is 44.9 Å². The molecule has 172 valence electrons. The minimum atomic E-state index is -0.369. The van der Waals surface area contributed by atoms with Crippen molar-refractivity contribution in [3.05, 3.63) is 34.7 Å². The van der Waals surface area contributed by atoms with Crippen LogP contribution in [0.2, 0.25) is 0 Å². The van der Waals surface area contributed by atoms with Crippen LogP contribution in [0.1, 0.15) is 36.0 Å². The van der Waals surface area contributed by atoms with E-state index in [0.717, 1.165) is 17.7 Å². The Bertz CT molecular complexity index is 1230. The van der Waals surface area contributed by atoms with Crippen molar-refractivity contribution in [1.82, 2.24) is 15.3 Å². The van der Waals surface area contributed by atoms with Gasteiger partial charge in [0.1, 0.15) is 22.4 Å². The lowest BCUT2D eigenvalue weighted by Crippen LogP contribution is -2.40. The highest BCUT2D eigenvalue weighted by atomic mass is 32.2. The Labute approximate surface area is 201 Å². The van der Waals surface area contributed by atoms with Gasteiger partial charge in [0.2, 0.25) is 0 Å². The third kappa shape index (κ3) is 5.84. The lowest BCUT2D eigenvalue weighted by atomic mass is 10.1. The summed E-state index contributed by atoms with van der Waals surface area (Å²) in [6.45, 7) is 7.54. The molecule has 1 amide bonds. The smallest absolute Gasteiger partial charge is 0.263 e. The molecule has 1 saturated heterocycles. The van der Waals surface area contributed by atoms with Crippen molar-refractivity contribution < 1.29 is 14.3 Å². The summed E-state index contributed by atoms with van der Waals surface area (Å²) in [7, 11) is 0. The zero-order valence-corrected chi connectivity index (χ0v) is 20.7. The normalized spacial score (nSPS) is 15.2. The van der Waals surface area contributed by atoms with Crippen LogP contribution in [-0.4, -0.2) is 53.6 Å². The number of thioether (sulfide) groups is 1. The molecule has 1 atom stereocenters. The van der Waals surface area contributed by atoms with E-state index in [9.17, 15) is 4.79 Å². The van der Waals surface area contributed by atoms with Gasteiger partial charge < -0.3 is 20.5 Å². The highest BCUT2D eigenvalue weighted by Gasteiger charge is 2.24. The van der Waals surface area contributed by atoms with Crippen LogP contribution in [-0.2, 0) is 9.47 Å². The Hall–Kier alpha value is -2.64. The topological polar surface area (TPSA) is 103 Å². The predicted octanol–water partition coefficient (Wildman–Crippen LogP) is 3.96. The number of nitrogens with two attached hydrogens (primary N) is 1. The first kappa shape index (κ1) is 23.5. The number of carbonyl (C=O) groups excluding carboxylic acids is 1. The molecule has 3 aromatic rings. The summed E-state index contributed by atoms with van der Waals surface area (Å²) in [5.74, 6) is 5.91. The first-order valence-electron chi connectivity index (χ1n) is 10.5. The van der Waals surface area contributed by atoms with Crippen LogP contribution in [0.25, 0.3) is 21.5 Å². The van der Waals surface area contributed by atoms with Gasteiger partial charge in [0.05, 0.1) is 30.0 Å². The maximum absolute atomic E-state index is 12.8. The van der Waals surface area contributed by atoms with Gasteiger partial charge >= 0.3 is 0 Å². The molecule has 33 heavy (non-hydrogen) atoms. The summed E-state index contributed by atoms with van der Waals surface area (Å²) >= 11 is 2.74.